The van der Waals surface area contributed by atoms with Crippen molar-refractivity contribution in [3.8, 4) is 0 Å². The fraction of sp³-hybridized carbons (Fsp3) is 0.545. The van der Waals surface area contributed by atoms with Gasteiger partial charge in [0, 0.05) is 13.2 Å². The monoisotopic (exact) mass is 251 g/mol. The van der Waals surface area contributed by atoms with Crippen LogP contribution >= 0.6 is 0 Å². The summed E-state index contributed by atoms with van der Waals surface area (Å²) in [6.07, 6.45) is 0. The molecule has 7 nitrogen and oxygen atoms in total. The number of ether oxygens (including phenoxy) is 1. The van der Waals surface area contributed by atoms with Gasteiger partial charge >= 0.3 is 5.69 Å². The average molecular weight is 251 g/mol. The first kappa shape index (κ1) is 12.6. The van der Waals surface area contributed by atoms with Crippen molar-refractivity contribution < 1.29 is 4.74 Å². The van der Waals surface area contributed by atoms with E-state index in [-0.39, 0.29) is 5.69 Å². The molecule has 0 spiro atoms. The summed E-state index contributed by atoms with van der Waals surface area (Å²) in [4.78, 5) is 11.3. The van der Waals surface area contributed by atoms with Crippen molar-refractivity contribution in [2.75, 3.05) is 25.1 Å². The van der Waals surface area contributed by atoms with Crippen molar-refractivity contribution in [3.05, 3.63) is 22.6 Å². The van der Waals surface area contributed by atoms with Crippen molar-refractivity contribution in [2.45, 2.75) is 13.8 Å². The lowest BCUT2D eigenvalue weighted by Crippen LogP contribution is -2.16. The van der Waals surface area contributed by atoms with E-state index in [9.17, 15) is 4.79 Å². The van der Waals surface area contributed by atoms with Crippen LogP contribution in [0.15, 0.2) is 16.9 Å². The Balaban J connectivity index is 1.88. The lowest BCUT2D eigenvalue weighted by Gasteiger charge is -2.08. The van der Waals surface area contributed by atoms with Crippen LogP contribution in [-0.2, 0) is 4.74 Å². The molecule has 18 heavy (non-hydrogen) atoms. The third-order valence-corrected chi connectivity index (χ3v) is 2.28. The van der Waals surface area contributed by atoms with Gasteiger partial charge in [-0.05, 0) is 18.1 Å². The fourth-order valence-electron chi connectivity index (χ4n) is 1.47. The van der Waals surface area contributed by atoms with Gasteiger partial charge in [0.05, 0.1) is 6.61 Å². The third kappa shape index (κ3) is 3.07. The van der Waals surface area contributed by atoms with Gasteiger partial charge in [-0.2, -0.15) is 9.61 Å². The van der Waals surface area contributed by atoms with E-state index >= 15 is 0 Å². The Morgan fingerprint density at radius 2 is 2.33 bits per heavy atom. The molecule has 7 heteroatoms. The Kier molecular flexibility index (Phi) is 3.93. The minimum Gasteiger partial charge on any atom is -0.379 e. The van der Waals surface area contributed by atoms with Gasteiger partial charge < -0.3 is 10.1 Å². The third-order valence-electron chi connectivity index (χ3n) is 2.28. The molecule has 0 amide bonds. The minimum absolute atomic E-state index is 0.343. The van der Waals surface area contributed by atoms with Gasteiger partial charge in [0.1, 0.15) is 5.82 Å². The summed E-state index contributed by atoms with van der Waals surface area (Å²) in [6, 6.07) is 3.50. The second kappa shape index (κ2) is 5.63. The van der Waals surface area contributed by atoms with Gasteiger partial charge in [0.15, 0.2) is 5.65 Å². The number of hydrogen-bond donors (Lipinski definition) is 2. The maximum atomic E-state index is 11.3. The van der Waals surface area contributed by atoms with Crippen molar-refractivity contribution >= 4 is 11.5 Å². The number of aromatic nitrogens is 4. The van der Waals surface area contributed by atoms with E-state index in [0.29, 0.717) is 30.5 Å². The van der Waals surface area contributed by atoms with Crippen LogP contribution in [0.4, 0.5) is 5.82 Å². The van der Waals surface area contributed by atoms with Gasteiger partial charge in [0.25, 0.3) is 0 Å². The lowest BCUT2D eigenvalue weighted by atomic mass is 10.2. The summed E-state index contributed by atoms with van der Waals surface area (Å²) in [6.45, 7) is 6.22. The predicted molar refractivity (Wildman–Crippen MR) is 67.8 cm³/mol. The molecule has 0 aliphatic heterocycles. The van der Waals surface area contributed by atoms with E-state index in [4.69, 9.17) is 4.74 Å². The van der Waals surface area contributed by atoms with Crippen LogP contribution in [0.25, 0.3) is 5.65 Å². The Morgan fingerprint density at radius 3 is 3.11 bits per heavy atom. The van der Waals surface area contributed by atoms with E-state index in [1.165, 1.54) is 4.52 Å². The van der Waals surface area contributed by atoms with E-state index in [1.807, 2.05) is 0 Å². The summed E-state index contributed by atoms with van der Waals surface area (Å²) in [5.74, 6) is 1.16. The molecule has 0 aromatic carbocycles. The van der Waals surface area contributed by atoms with Crippen LogP contribution in [0, 0.1) is 5.92 Å². The van der Waals surface area contributed by atoms with Crippen LogP contribution in [0.2, 0.25) is 0 Å². The number of nitrogens with zero attached hydrogens (tertiary/aromatic N) is 3. The molecule has 2 heterocycles. The van der Waals surface area contributed by atoms with Crippen LogP contribution in [-0.4, -0.2) is 39.6 Å². The highest BCUT2D eigenvalue weighted by molar-refractivity contribution is 5.42. The smallest absolute Gasteiger partial charge is 0.364 e. The number of H-pyrrole nitrogens is 1. The van der Waals surface area contributed by atoms with Crippen molar-refractivity contribution in [1.29, 1.82) is 0 Å². The zero-order valence-electron chi connectivity index (χ0n) is 10.5. The highest BCUT2D eigenvalue weighted by Crippen LogP contribution is 2.02. The maximum absolute atomic E-state index is 11.3. The first-order chi connectivity index (χ1) is 8.66. The topological polar surface area (TPSA) is 84.3 Å². The molecule has 0 atom stereocenters. The van der Waals surface area contributed by atoms with E-state index in [1.54, 1.807) is 12.1 Å². The quantitative estimate of drug-likeness (QED) is 0.730. The molecule has 0 unspecified atom stereocenters. The summed E-state index contributed by atoms with van der Waals surface area (Å²) in [5, 5.41) is 13.3. The number of nitrogens with one attached hydrogen (secondary N) is 2. The van der Waals surface area contributed by atoms with Gasteiger partial charge in [-0.3, -0.25) is 0 Å². The lowest BCUT2D eigenvalue weighted by molar-refractivity contribution is 0.118. The number of aromatic amines is 1. The van der Waals surface area contributed by atoms with Crippen molar-refractivity contribution in [2.24, 2.45) is 5.92 Å². The number of hydrogen-bond acceptors (Lipinski definition) is 5. The number of anilines is 1. The molecule has 0 radical (unpaired) electrons. The van der Waals surface area contributed by atoms with Gasteiger partial charge in [-0.25, -0.2) is 9.89 Å². The first-order valence-corrected chi connectivity index (χ1v) is 5.93. The normalized spacial score (nSPS) is 11.3. The van der Waals surface area contributed by atoms with E-state index in [2.05, 4.69) is 34.5 Å². The van der Waals surface area contributed by atoms with Gasteiger partial charge in [0.2, 0.25) is 0 Å². The molecule has 0 aliphatic rings. The zero-order valence-corrected chi connectivity index (χ0v) is 10.5. The summed E-state index contributed by atoms with van der Waals surface area (Å²) in [5.41, 5.74) is 0.159. The molecule has 0 saturated heterocycles. The number of rotatable bonds is 6. The molecular weight excluding hydrogens is 234 g/mol. The molecule has 2 N–H and O–H groups in total. The molecule has 0 fully saturated rings. The second-order valence-electron chi connectivity index (χ2n) is 4.41. The molecule has 0 aliphatic carbocycles. The molecule has 2 aromatic rings. The molecule has 2 aromatic heterocycles. The first-order valence-electron chi connectivity index (χ1n) is 5.93. The molecule has 2 rings (SSSR count). The summed E-state index contributed by atoms with van der Waals surface area (Å²) < 4.78 is 6.66. The Labute approximate surface area is 104 Å². The summed E-state index contributed by atoms with van der Waals surface area (Å²) in [7, 11) is 0. The Hall–Kier alpha value is -1.89. The standard InChI is InChI=1S/C11H17N5O2/c1-8(2)7-18-6-5-12-9-3-4-10-13-14-11(17)16(10)15-9/h3-4,8H,5-7H2,1-2H3,(H,12,15)(H,14,17). The van der Waals surface area contributed by atoms with Crippen LogP contribution in [0.1, 0.15) is 13.8 Å². The molecule has 98 valence electrons. The fourth-order valence-corrected chi connectivity index (χ4v) is 1.47. The second-order valence-corrected chi connectivity index (χ2v) is 4.41. The summed E-state index contributed by atoms with van der Waals surface area (Å²) >= 11 is 0. The van der Waals surface area contributed by atoms with Crippen LogP contribution in [0.3, 0.4) is 0 Å². The van der Waals surface area contributed by atoms with E-state index < -0.39 is 0 Å². The zero-order chi connectivity index (χ0) is 13.0. The maximum Gasteiger partial charge on any atom is 0.364 e. The molecule has 0 saturated carbocycles. The molecular formula is C11H17N5O2. The highest BCUT2D eigenvalue weighted by atomic mass is 16.5. The van der Waals surface area contributed by atoms with Crippen LogP contribution < -0.4 is 11.0 Å². The predicted octanol–water partition coefficient (Wildman–Crippen LogP) is 0.502. The van der Waals surface area contributed by atoms with Gasteiger partial charge in [-0.1, -0.05) is 13.8 Å². The van der Waals surface area contributed by atoms with Crippen molar-refractivity contribution in [1.82, 2.24) is 19.8 Å². The highest BCUT2D eigenvalue weighted by Gasteiger charge is 2.02. The Bertz CT molecular complexity index is 560. The van der Waals surface area contributed by atoms with Crippen LogP contribution in [0.5, 0.6) is 0 Å². The largest absolute Gasteiger partial charge is 0.379 e. The van der Waals surface area contributed by atoms with Gasteiger partial charge in [-0.15, -0.1) is 5.10 Å². The van der Waals surface area contributed by atoms with E-state index in [0.717, 1.165) is 6.61 Å². The van der Waals surface area contributed by atoms with Crippen molar-refractivity contribution in [3.63, 3.8) is 0 Å². The molecule has 0 bridgehead atoms. The minimum atomic E-state index is -0.343. The SMILES string of the molecule is CC(C)COCCNc1ccc2n[nH]c(=O)n2n1. The number of fused-ring (bicyclic) bond motifs is 1. The average Bonchev–Trinajstić information content (AvgIpc) is 2.70. The Morgan fingerprint density at radius 1 is 1.50 bits per heavy atom.